The van der Waals surface area contributed by atoms with Crippen LogP contribution in [0, 0.1) is 10.8 Å². The smallest absolute Gasteiger partial charge is 0.104 e. The van der Waals surface area contributed by atoms with Gasteiger partial charge in [-0.25, -0.2) is 0 Å². The molecule has 0 bridgehead atoms. The van der Waals surface area contributed by atoms with Crippen molar-refractivity contribution in [3.8, 4) is 0 Å². The van der Waals surface area contributed by atoms with Crippen LogP contribution in [0.1, 0.15) is 88.0 Å². The summed E-state index contributed by atoms with van der Waals surface area (Å²) in [5, 5.41) is 3.41. The van der Waals surface area contributed by atoms with E-state index >= 15 is 0 Å². The highest BCUT2D eigenvalue weighted by Crippen LogP contribution is 2.20. The van der Waals surface area contributed by atoms with Gasteiger partial charge in [0.2, 0.25) is 0 Å². The van der Waals surface area contributed by atoms with E-state index in [1.165, 1.54) is 0 Å². The molecule has 0 atom stereocenters. The van der Waals surface area contributed by atoms with E-state index < -0.39 is 0 Å². The Bertz CT molecular complexity index is 452. The van der Waals surface area contributed by atoms with Gasteiger partial charge in [0.05, 0.1) is 59.5 Å². The van der Waals surface area contributed by atoms with Crippen molar-refractivity contribution < 1.29 is 28.4 Å². The maximum Gasteiger partial charge on any atom is 0.104 e. The minimum Gasteiger partial charge on any atom is -0.379 e. The van der Waals surface area contributed by atoms with E-state index in [-0.39, 0.29) is 11.6 Å². The largest absolute Gasteiger partial charge is 0.379 e. The van der Waals surface area contributed by atoms with Crippen LogP contribution in [-0.2, 0) is 28.4 Å². The summed E-state index contributed by atoms with van der Waals surface area (Å²) in [6.45, 7) is 27.4. The minimum absolute atomic E-state index is 0.103. The van der Waals surface area contributed by atoms with E-state index in [1.54, 1.807) is 0 Å². The summed E-state index contributed by atoms with van der Waals surface area (Å²) in [7, 11) is 0. The van der Waals surface area contributed by atoms with Crippen LogP contribution in [0.15, 0.2) is 0 Å². The van der Waals surface area contributed by atoms with Gasteiger partial charge in [0.15, 0.2) is 0 Å². The highest BCUT2D eigenvalue weighted by molar-refractivity contribution is 4.69. The Hall–Kier alpha value is -0.280. The predicted molar refractivity (Wildman–Crippen MR) is 149 cm³/mol. The highest BCUT2D eigenvalue weighted by Gasteiger charge is 2.12. The van der Waals surface area contributed by atoms with Gasteiger partial charge in [-0.05, 0) is 57.3 Å². The Morgan fingerprint density at radius 1 is 0.500 bits per heavy atom. The standard InChI is InChI=1S/C29H61NO6/c1-27(2,3)12-10-15-31-18-20-34-24-26(36-23-22-33-17-14-30-29(7,8)9)25-35-21-19-32-16-11-13-28(4,5)6/h26,30H,10-25H2,1-9H3. The SMILES string of the molecule is CC(C)(C)CCCOCCOCC(COCCOCCCC(C)(C)C)OCCOCCNC(C)(C)C. The molecule has 7 heteroatoms. The third-order valence-electron chi connectivity index (χ3n) is 5.27. The normalized spacial score (nSPS) is 13.2. The highest BCUT2D eigenvalue weighted by atomic mass is 16.6. The van der Waals surface area contributed by atoms with Crippen molar-refractivity contribution in [2.75, 3.05) is 79.2 Å². The number of hydrogen-bond acceptors (Lipinski definition) is 7. The van der Waals surface area contributed by atoms with Gasteiger partial charge >= 0.3 is 0 Å². The van der Waals surface area contributed by atoms with Crippen molar-refractivity contribution >= 4 is 0 Å². The van der Waals surface area contributed by atoms with Crippen molar-refractivity contribution in [2.24, 2.45) is 10.8 Å². The monoisotopic (exact) mass is 519 g/mol. The fourth-order valence-corrected chi connectivity index (χ4v) is 3.30. The summed E-state index contributed by atoms with van der Waals surface area (Å²) < 4.78 is 34.7. The van der Waals surface area contributed by atoms with Crippen LogP contribution in [-0.4, -0.2) is 90.9 Å². The van der Waals surface area contributed by atoms with E-state index in [0.717, 1.165) is 45.4 Å². The topological polar surface area (TPSA) is 67.4 Å². The van der Waals surface area contributed by atoms with E-state index in [9.17, 15) is 0 Å². The van der Waals surface area contributed by atoms with Gasteiger partial charge in [-0.15, -0.1) is 0 Å². The Morgan fingerprint density at radius 2 is 0.917 bits per heavy atom. The van der Waals surface area contributed by atoms with Gasteiger partial charge in [0.25, 0.3) is 0 Å². The van der Waals surface area contributed by atoms with Crippen LogP contribution in [0.2, 0.25) is 0 Å². The summed E-state index contributed by atoms with van der Waals surface area (Å²) in [5.74, 6) is 0. The number of rotatable bonds is 23. The maximum atomic E-state index is 5.98. The molecule has 0 amide bonds. The van der Waals surface area contributed by atoms with Crippen LogP contribution in [0.4, 0.5) is 0 Å². The molecule has 0 fully saturated rings. The molecule has 0 aliphatic rings. The van der Waals surface area contributed by atoms with Crippen molar-refractivity contribution in [3.63, 3.8) is 0 Å². The quantitative estimate of drug-likeness (QED) is 0.179. The average Bonchev–Trinajstić information content (AvgIpc) is 2.73. The van der Waals surface area contributed by atoms with Gasteiger partial charge in [-0.3, -0.25) is 0 Å². The van der Waals surface area contributed by atoms with Crippen LogP contribution >= 0.6 is 0 Å². The average molecular weight is 520 g/mol. The van der Waals surface area contributed by atoms with Gasteiger partial charge < -0.3 is 33.7 Å². The number of ether oxygens (including phenoxy) is 6. The molecule has 0 saturated heterocycles. The summed E-state index contributed by atoms with van der Waals surface area (Å²) in [6, 6.07) is 0. The molecule has 0 heterocycles. The van der Waals surface area contributed by atoms with Crippen LogP contribution in [0.25, 0.3) is 0 Å². The number of nitrogens with one attached hydrogen (secondary N) is 1. The first-order valence-corrected chi connectivity index (χ1v) is 14.0. The van der Waals surface area contributed by atoms with E-state index in [1.807, 2.05) is 0 Å². The molecule has 0 unspecified atom stereocenters. The summed E-state index contributed by atoms with van der Waals surface area (Å²) in [4.78, 5) is 0. The maximum absolute atomic E-state index is 5.98. The molecule has 36 heavy (non-hydrogen) atoms. The first-order valence-electron chi connectivity index (χ1n) is 14.0. The minimum atomic E-state index is -0.136. The van der Waals surface area contributed by atoms with Crippen molar-refractivity contribution in [2.45, 2.75) is 99.6 Å². The lowest BCUT2D eigenvalue weighted by molar-refractivity contribution is -0.0833. The molecule has 0 aromatic heterocycles. The molecule has 0 aromatic carbocycles. The van der Waals surface area contributed by atoms with Crippen molar-refractivity contribution in [1.82, 2.24) is 5.32 Å². The summed E-state index contributed by atoms with van der Waals surface area (Å²) in [6.07, 6.45) is 4.34. The second-order valence-corrected chi connectivity index (χ2v) is 13.0. The molecule has 1 N–H and O–H groups in total. The van der Waals surface area contributed by atoms with Crippen molar-refractivity contribution in [1.29, 1.82) is 0 Å². The molecule has 0 rings (SSSR count). The van der Waals surface area contributed by atoms with E-state index in [4.69, 9.17) is 28.4 Å². The van der Waals surface area contributed by atoms with Gasteiger partial charge in [-0.2, -0.15) is 0 Å². The lowest BCUT2D eigenvalue weighted by Crippen LogP contribution is -2.38. The van der Waals surface area contributed by atoms with Crippen LogP contribution in [0.5, 0.6) is 0 Å². The molecular weight excluding hydrogens is 458 g/mol. The molecule has 0 saturated carbocycles. The van der Waals surface area contributed by atoms with Gasteiger partial charge in [-0.1, -0.05) is 41.5 Å². The van der Waals surface area contributed by atoms with Crippen molar-refractivity contribution in [3.05, 3.63) is 0 Å². The lowest BCUT2D eigenvalue weighted by atomic mass is 9.91. The molecular formula is C29H61NO6. The van der Waals surface area contributed by atoms with Crippen LogP contribution < -0.4 is 5.32 Å². The molecule has 0 aliphatic carbocycles. The van der Waals surface area contributed by atoms with E-state index in [2.05, 4.69) is 67.6 Å². The Labute approximate surface area is 223 Å². The Morgan fingerprint density at radius 3 is 1.36 bits per heavy atom. The molecule has 0 spiro atoms. The third-order valence-corrected chi connectivity index (χ3v) is 5.27. The van der Waals surface area contributed by atoms with Gasteiger partial charge in [0.1, 0.15) is 6.10 Å². The molecule has 0 aliphatic heterocycles. The lowest BCUT2D eigenvalue weighted by Gasteiger charge is -2.21. The molecule has 0 radical (unpaired) electrons. The number of hydrogen-bond donors (Lipinski definition) is 1. The predicted octanol–water partition coefficient (Wildman–Crippen LogP) is 5.50. The summed E-state index contributed by atoms with van der Waals surface area (Å²) >= 11 is 0. The molecule has 0 aromatic rings. The third kappa shape index (κ3) is 29.9. The zero-order valence-electron chi connectivity index (χ0n) is 25.3. The van der Waals surface area contributed by atoms with E-state index in [0.29, 0.717) is 70.3 Å². The Balaban J connectivity index is 4.03. The fraction of sp³-hybridized carbons (Fsp3) is 1.00. The Kier molecular flexibility index (Phi) is 20.5. The molecule has 7 nitrogen and oxygen atoms in total. The first kappa shape index (κ1) is 35.7. The second kappa shape index (κ2) is 20.7. The zero-order valence-corrected chi connectivity index (χ0v) is 25.3. The van der Waals surface area contributed by atoms with Crippen LogP contribution in [0.3, 0.4) is 0 Å². The van der Waals surface area contributed by atoms with Gasteiger partial charge in [0, 0.05) is 25.3 Å². The summed E-state index contributed by atoms with van der Waals surface area (Å²) in [5.41, 5.74) is 0.815. The zero-order chi connectivity index (χ0) is 27.3. The molecule has 218 valence electrons. The fourth-order valence-electron chi connectivity index (χ4n) is 3.30. The first-order chi connectivity index (χ1) is 16.8. The second-order valence-electron chi connectivity index (χ2n) is 13.0.